The first-order chi connectivity index (χ1) is 9.11. The number of rotatable bonds is 2. The van der Waals surface area contributed by atoms with Gasteiger partial charge in [-0.25, -0.2) is 4.98 Å². The van der Waals surface area contributed by atoms with Gasteiger partial charge in [0.1, 0.15) is 10.4 Å². The van der Waals surface area contributed by atoms with E-state index in [9.17, 15) is 9.59 Å². The molecule has 1 atom stereocenters. The molecule has 1 saturated heterocycles. The minimum absolute atomic E-state index is 0.140. The van der Waals surface area contributed by atoms with E-state index in [0.29, 0.717) is 29.6 Å². The van der Waals surface area contributed by atoms with E-state index in [2.05, 4.69) is 4.98 Å². The lowest BCUT2D eigenvalue weighted by Crippen LogP contribution is -2.45. The maximum Gasteiger partial charge on any atom is 0.320 e. The van der Waals surface area contributed by atoms with E-state index in [0.717, 1.165) is 0 Å². The molecule has 0 N–H and O–H groups in total. The van der Waals surface area contributed by atoms with Gasteiger partial charge in [0.15, 0.2) is 0 Å². The van der Waals surface area contributed by atoms with Crippen LogP contribution in [0.2, 0.25) is 5.15 Å². The second-order valence-corrected chi connectivity index (χ2v) is 5.70. The zero-order chi connectivity index (χ0) is 13.8. The van der Waals surface area contributed by atoms with Crippen LogP contribution in [0.3, 0.4) is 0 Å². The highest BCUT2D eigenvalue weighted by molar-refractivity contribution is 8.00. The van der Waals surface area contributed by atoms with Crippen molar-refractivity contribution in [3.8, 4) is 0 Å². The van der Waals surface area contributed by atoms with Gasteiger partial charge in [-0.2, -0.15) is 0 Å². The molecule has 1 aromatic heterocycles. The maximum absolute atomic E-state index is 12.2. The van der Waals surface area contributed by atoms with Gasteiger partial charge >= 0.3 is 5.97 Å². The molecule has 7 heteroatoms. The topological polar surface area (TPSA) is 59.5 Å². The van der Waals surface area contributed by atoms with E-state index in [1.54, 1.807) is 17.0 Å². The molecule has 1 aliphatic heterocycles. The number of nitrogens with zero attached hydrogens (tertiary/aromatic N) is 2. The van der Waals surface area contributed by atoms with Crippen molar-refractivity contribution in [3.05, 3.63) is 29.0 Å². The summed E-state index contributed by atoms with van der Waals surface area (Å²) in [4.78, 5) is 29.3. The van der Waals surface area contributed by atoms with Crippen molar-refractivity contribution in [1.29, 1.82) is 0 Å². The van der Waals surface area contributed by atoms with Crippen LogP contribution in [0.25, 0.3) is 0 Å². The molecule has 0 unspecified atom stereocenters. The van der Waals surface area contributed by atoms with Gasteiger partial charge in [0.05, 0.1) is 12.7 Å². The maximum atomic E-state index is 12.2. The average molecular weight is 301 g/mol. The van der Waals surface area contributed by atoms with Crippen molar-refractivity contribution < 1.29 is 14.3 Å². The van der Waals surface area contributed by atoms with Crippen LogP contribution in [0, 0.1) is 0 Å². The smallest absolute Gasteiger partial charge is 0.320 e. The summed E-state index contributed by atoms with van der Waals surface area (Å²) in [6, 6.07) is 3.21. The SMILES string of the molecule is COC(=O)[C@H]1CN(C(=O)c2ccc(Cl)nc2)CCS1. The molecule has 0 spiro atoms. The van der Waals surface area contributed by atoms with Crippen LogP contribution in [-0.2, 0) is 9.53 Å². The molecule has 5 nitrogen and oxygen atoms in total. The summed E-state index contributed by atoms with van der Waals surface area (Å²) < 4.78 is 4.71. The second kappa shape index (κ2) is 6.25. The van der Waals surface area contributed by atoms with E-state index in [1.807, 2.05) is 0 Å². The first-order valence-corrected chi connectivity index (χ1v) is 7.14. The molecule has 102 valence electrons. The number of methoxy groups -OCH3 is 1. The van der Waals surface area contributed by atoms with Crippen molar-refractivity contribution in [1.82, 2.24) is 9.88 Å². The van der Waals surface area contributed by atoms with Crippen LogP contribution in [-0.4, -0.2) is 53.0 Å². The van der Waals surface area contributed by atoms with Crippen LogP contribution in [0.4, 0.5) is 0 Å². The largest absolute Gasteiger partial charge is 0.468 e. The minimum atomic E-state index is -0.317. The lowest BCUT2D eigenvalue weighted by atomic mass is 10.2. The second-order valence-electron chi connectivity index (χ2n) is 4.00. The molecular weight excluding hydrogens is 288 g/mol. The van der Waals surface area contributed by atoms with Gasteiger partial charge < -0.3 is 9.64 Å². The number of esters is 1. The summed E-state index contributed by atoms with van der Waals surface area (Å²) in [5.74, 6) is 0.280. The molecule has 0 bridgehead atoms. The Morgan fingerprint density at radius 2 is 2.32 bits per heavy atom. The Bertz CT molecular complexity index is 480. The Kier molecular flexibility index (Phi) is 4.66. The fraction of sp³-hybridized carbons (Fsp3) is 0.417. The predicted octanol–water partition coefficient (Wildman–Crippen LogP) is 1.47. The lowest BCUT2D eigenvalue weighted by Gasteiger charge is -2.30. The number of thioether (sulfide) groups is 1. The molecular formula is C12H13ClN2O3S. The number of hydrogen-bond acceptors (Lipinski definition) is 5. The number of pyridine rings is 1. The van der Waals surface area contributed by atoms with Crippen molar-refractivity contribution >= 4 is 35.2 Å². The van der Waals surface area contributed by atoms with Gasteiger partial charge in [-0.1, -0.05) is 11.6 Å². The Morgan fingerprint density at radius 3 is 2.95 bits per heavy atom. The van der Waals surface area contributed by atoms with Gasteiger partial charge in [-0.05, 0) is 12.1 Å². The summed E-state index contributed by atoms with van der Waals surface area (Å²) in [7, 11) is 1.35. The zero-order valence-corrected chi connectivity index (χ0v) is 11.9. The number of amides is 1. The third-order valence-corrected chi connectivity index (χ3v) is 4.18. The standard InChI is InChI=1S/C12H13ClN2O3S/c1-18-12(17)9-7-15(4-5-19-9)11(16)8-2-3-10(13)14-6-8/h2-3,6,9H,4-5,7H2,1H3/t9-/m1/s1. The summed E-state index contributed by atoms with van der Waals surface area (Å²) in [5, 5.41) is 0.0288. The monoisotopic (exact) mass is 300 g/mol. The van der Waals surface area contributed by atoms with Crippen LogP contribution < -0.4 is 0 Å². The van der Waals surface area contributed by atoms with E-state index in [1.165, 1.54) is 25.1 Å². The number of carbonyl (C=O) groups is 2. The highest BCUT2D eigenvalue weighted by atomic mass is 35.5. The quantitative estimate of drug-likeness (QED) is 0.611. The molecule has 19 heavy (non-hydrogen) atoms. The van der Waals surface area contributed by atoms with Gasteiger partial charge in [0, 0.05) is 25.0 Å². The van der Waals surface area contributed by atoms with E-state index in [-0.39, 0.29) is 17.1 Å². The molecule has 0 saturated carbocycles. The molecule has 0 radical (unpaired) electrons. The Labute approximate surface area is 120 Å². The fourth-order valence-electron chi connectivity index (χ4n) is 1.79. The van der Waals surface area contributed by atoms with Crippen molar-refractivity contribution in [2.75, 3.05) is 26.0 Å². The van der Waals surface area contributed by atoms with Crippen LogP contribution in [0.15, 0.2) is 18.3 Å². The molecule has 0 aromatic carbocycles. The van der Waals surface area contributed by atoms with Crippen molar-refractivity contribution in [3.63, 3.8) is 0 Å². The summed E-state index contributed by atoms with van der Waals surface area (Å²) in [6.07, 6.45) is 1.44. The van der Waals surface area contributed by atoms with Crippen molar-refractivity contribution in [2.24, 2.45) is 0 Å². The molecule has 1 aromatic rings. The Hall–Kier alpha value is -1.27. The summed E-state index contributed by atoms with van der Waals surface area (Å²) in [5.41, 5.74) is 0.472. The minimum Gasteiger partial charge on any atom is -0.468 e. The highest BCUT2D eigenvalue weighted by Gasteiger charge is 2.30. The molecule has 0 aliphatic carbocycles. The number of hydrogen-bond donors (Lipinski definition) is 0. The van der Waals surface area contributed by atoms with E-state index < -0.39 is 0 Å². The Morgan fingerprint density at radius 1 is 1.53 bits per heavy atom. The fourth-order valence-corrected chi connectivity index (χ4v) is 3.03. The average Bonchev–Trinajstić information content (AvgIpc) is 2.46. The summed E-state index contributed by atoms with van der Waals surface area (Å²) in [6.45, 7) is 0.971. The van der Waals surface area contributed by atoms with Crippen LogP contribution in [0.1, 0.15) is 10.4 Å². The van der Waals surface area contributed by atoms with E-state index >= 15 is 0 Å². The van der Waals surface area contributed by atoms with Crippen LogP contribution in [0.5, 0.6) is 0 Å². The summed E-state index contributed by atoms with van der Waals surface area (Å²) >= 11 is 7.19. The molecule has 2 heterocycles. The van der Waals surface area contributed by atoms with Gasteiger partial charge in [-0.15, -0.1) is 11.8 Å². The normalized spacial score (nSPS) is 19.1. The molecule has 1 amide bonds. The first-order valence-electron chi connectivity index (χ1n) is 5.72. The molecule has 1 fully saturated rings. The van der Waals surface area contributed by atoms with Gasteiger partial charge in [0.25, 0.3) is 5.91 Å². The third kappa shape index (κ3) is 3.39. The van der Waals surface area contributed by atoms with Gasteiger partial charge in [0.2, 0.25) is 0 Å². The third-order valence-electron chi connectivity index (χ3n) is 2.79. The highest BCUT2D eigenvalue weighted by Crippen LogP contribution is 2.21. The molecule has 2 rings (SSSR count). The number of ether oxygens (including phenoxy) is 1. The number of aromatic nitrogens is 1. The lowest BCUT2D eigenvalue weighted by molar-refractivity contribution is -0.140. The van der Waals surface area contributed by atoms with Crippen LogP contribution >= 0.6 is 23.4 Å². The number of halogens is 1. The van der Waals surface area contributed by atoms with Gasteiger partial charge in [-0.3, -0.25) is 9.59 Å². The van der Waals surface area contributed by atoms with Crippen molar-refractivity contribution in [2.45, 2.75) is 5.25 Å². The van der Waals surface area contributed by atoms with E-state index in [4.69, 9.17) is 16.3 Å². The first kappa shape index (κ1) is 14.1. The Balaban J connectivity index is 2.06. The number of carbonyl (C=O) groups excluding carboxylic acids is 2. The molecule has 1 aliphatic rings. The predicted molar refractivity (Wildman–Crippen MR) is 73.4 cm³/mol. The zero-order valence-electron chi connectivity index (χ0n) is 10.3.